The first-order valence-electron chi connectivity index (χ1n) is 43.2. The zero-order valence-corrected chi connectivity index (χ0v) is 58.9. The van der Waals surface area contributed by atoms with Gasteiger partial charge in [-0.25, -0.2) is 0 Å². The second kappa shape index (κ2) is 23.3. The molecule has 104 heavy (non-hydrogen) atoms. The zero-order chi connectivity index (χ0) is 84.6. The monoisotopic (exact) mass is 1350 g/mol. The molecule has 0 bridgehead atoms. The van der Waals surface area contributed by atoms with Crippen molar-refractivity contribution in [3.63, 3.8) is 0 Å². The molecule has 19 rings (SSSR count). The molecular weight excluding hydrogens is 1260 g/mol. The molecule has 0 amide bonds. The van der Waals surface area contributed by atoms with E-state index in [4.69, 9.17) is 2.74 Å². The van der Waals surface area contributed by atoms with Crippen molar-refractivity contribution < 1.29 is 21.9 Å². The van der Waals surface area contributed by atoms with Crippen LogP contribution in [0.4, 0.5) is 34.1 Å². The number of nitriles is 1. The van der Waals surface area contributed by atoms with E-state index in [2.05, 4.69) is 143 Å². The van der Waals surface area contributed by atoms with Crippen LogP contribution in [0.5, 0.6) is 0 Å². The molecular formula is C97H77BN6. The average Bonchev–Trinajstić information content (AvgIpc) is 0.918. The van der Waals surface area contributed by atoms with Crippen molar-refractivity contribution in [3.8, 4) is 56.5 Å². The Morgan fingerprint density at radius 1 is 0.317 bits per heavy atom. The number of hydrogen-bond acceptors (Lipinski definition) is 3. The Hall–Kier alpha value is -12.4. The summed E-state index contributed by atoms with van der Waals surface area (Å²) in [5.41, 5.74) is 14.2. The van der Waals surface area contributed by atoms with Crippen LogP contribution in [0.25, 0.3) is 116 Å². The van der Waals surface area contributed by atoms with Gasteiger partial charge in [0.05, 0.1) is 77.8 Å². The summed E-state index contributed by atoms with van der Waals surface area (Å²) in [4.78, 5) is 4.26. The number of anilines is 6. The van der Waals surface area contributed by atoms with Crippen LogP contribution in [0.2, 0.25) is 0 Å². The number of nitrogens with zero attached hydrogens (tertiary/aromatic N) is 6. The SMILES string of the molecule is [2H]c1c([2H])c([2H])c2c(c1[2H])c1c([2H])c([2H])c([2H])c([2H])c1n2-c1ccc2c(c1)N(c1c(-c3ccccc3)cc(C(C)(C)C)cc1-c1ccccc1)c1cc(-n3c4c([2H])c([2H])c([2H])c([2H])c4c4c([2H])c([2H])c([2H])c([2H])c43)cc3c1B2c1ccc(-c2cc(C(C)(C)C)cc(C(C)(C)C)c2)cc1N3c1cccc(-n2c3ccccc3c3ccccc32)c1C#N. The molecule has 498 valence electrons. The van der Waals surface area contributed by atoms with Gasteiger partial charge in [0.2, 0.25) is 0 Å². The summed E-state index contributed by atoms with van der Waals surface area (Å²) in [6, 6.07) is 62.7. The van der Waals surface area contributed by atoms with Gasteiger partial charge in [-0.2, -0.15) is 5.26 Å². The van der Waals surface area contributed by atoms with Crippen molar-refractivity contribution in [2.24, 2.45) is 0 Å². The van der Waals surface area contributed by atoms with Gasteiger partial charge >= 0.3 is 0 Å². The van der Waals surface area contributed by atoms with E-state index >= 15 is 0 Å². The van der Waals surface area contributed by atoms with Crippen molar-refractivity contribution in [2.75, 3.05) is 9.80 Å². The van der Waals surface area contributed by atoms with E-state index in [9.17, 15) is 24.5 Å². The molecule has 0 unspecified atom stereocenters. The molecule has 0 atom stereocenters. The van der Waals surface area contributed by atoms with Gasteiger partial charge in [0.1, 0.15) is 11.6 Å². The predicted octanol–water partition coefficient (Wildman–Crippen LogP) is 23.8. The van der Waals surface area contributed by atoms with Crippen LogP contribution >= 0.6 is 0 Å². The minimum absolute atomic E-state index is 0.104. The fourth-order valence-electron chi connectivity index (χ4n) is 16.1. The first kappa shape index (κ1) is 47.7. The van der Waals surface area contributed by atoms with Gasteiger partial charge in [0.15, 0.2) is 0 Å². The molecule has 5 heterocycles. The highest BCUT2D eigenvalue weighted by atomic mass is 15.2. The minimum atomic E-state index is -0.851. The number of benzene rings is 14. The third kappa shape index (κ3) is 9.69. The highest BCUT2D eigenvalue weighted by molar-refractivity contribution is 7.00. The standard InChI is InChI=1S/C97H77BN6/c1-95(2,3)65-51-64(52-66(54-65)96(4,5)6)63-47-49-79-89(53-63)103(88-46-28-45-87(78(88)60-99)102-85-43-26-20-37-74(85)75-38-21-27-44-86(75)102)91-58-69(101-83-41-24-18-35-72(83)73-36-19-25-42-84(73)101)59-92-93(91)98(79)80-50-48-68(100-81-39-22-16-33-70(81)71-34-17-23-40-82(71)100)57-90(80)104(92)94-76(61-29-12-10-13-30-61)55-67(97(7,8)9)56-77(94)62-31-14-11-15-32-62/h10-59H,1-9H3/i16D,17D,18D,19D,22D,23D,24D,25D,33D,34D,35D,36D,39D,40D,41D,42D. The normalized spacial score (nSPS) is 15.1. The van der Waals surface area contributed by atoms with E-state index in [1.54, 1.807) is 0 Å². The quantitative estimate of drug-likeness (QED) is 0.142. The maximum absolute atomic E-state index is 12.6. The Morgan fingerprint density at radius 2 is 0.740 bits per heavy atom. The van der Waals surface area contributed by atoms with E-state index in [1.165, 1.54) is 9.13 Å². The number of hydrogen-bond donors (Lipinski definition) is 0. The highest BCUT2D eigenvalue weighted by Gasteiger charge is 2.46. The van der Waals surface area contributed by atoms with Crippen LogP contribution in [0.15, 0.2) is 303 Å². The van der Waals surface area contributed by atoms with E-state index in [0.717, 1.165) is 77.3 Å². The topological polar surface area (TPSA) is 45.1 Å². The molecule has 0 saturated carbocycles. The van der Waals surface area contributed by atoms with Crippen LogP contribution in [0, 0.1) is 11.3 Å². The lowest BCUT2D eigenvalue weighted by molar-refractivity contribution is 0.569. The minimum Gasteiger partial charge on any atom is -0.310 e. The molecule has 17 aromatic rings. The van der Waals surface area contributed by atoms with Gasteiger partial charge in [-0.1, -0.05) is 274 Å². The van der Waals surface area contributed by atoms with Gasteiger partial charge in [0.25, 0.3) is 6.71 Å². The summed E-state index contributed by atoms with van der Waals surface area (Å²) < 4.78 is 159. The maximum Gasteiger partial charge on any atom is 0.252 e. The molecule has 0 radical (unpaired) electrons. The Balaban J connectivity index is 1.06. The van der Waals surface area contributed by atoms with Crippen LogP contribution in [0.3, 0.4) is 0 Å². The lowest BCUT2D eigenvalue weighted by atomic mass is 9.33. The smallest absolute Gasteiger partial charge is 0.252 e. The molecule has 7 heteroatoms. The van der Waals surface area contributed by atoms with E-state index in [-0.39, 0.29) is 71.4 Å². The molecule has 6 nitrogen and oxygen atoms in total. The number of fused-ring (bicyclic) bond motifs is 13. The lowest BCUT2D eigenvalue weighted by Gasteiger charge is -2.45. The number of para-hydroxylation sites is 6. The van der Waals surface area contributed by atoms with Crippen molar-refractivity contribution in [2.45, 2.75) is 78.6 Å². The summed E-state index contributed by atoms with van der Waals surface area (Å²) in [5.74, 6) is 0. The summed E-state index contributed by atoms with van der Waals surface area (Å²) >= 11 is 0. The van der Waals surface area contributed by atoms with Gasteiger partial charge in [-0.15, -0.1) is 0 Å². The lowest BCUT2D eigenvalue weighted by Crippen LogP contribution is -2.61. The molecule has 0 spiro atoms. The van der Waals surface area contributed by atoms with E-state index in [0.29, 0.717) is 50.7 Å². The first-order valence-corrected chi connectivity index (χ1v) is 35.2. The molecule has 0 saturated heterocycles. The number of aromatic nitrogens is 3. The van der Waals surface area contributed by atoms with Gasteiger partial charge in [-0.05, 0) is 162 Å². The Kier molecular flexibility index (Phi) is 10.7. The fraction of sp³-hybridized carbons (Fsp3) is 0.124. The second-order valence-electron chi connectivity index (χ2n) is 30.4. The molecule has 14 aromatic carbocycles. The van der Waals surface area contributed by atoms with Gasteiger partial charge in [-0.3, -0.25) is 0 Å². The van der Waals surface area contributed by atoms with Crippen molar-refractivity contribution in [1.29, 1.82) is 5.26 Å². The molecule has 0 fully saturated rings. The Labute approximate surface area is 630 Å². The summed E-state index contributed by atoms with van der Waals surface area (Å²) in [6.45, 7) is 18.8. The van der Waals surface area contributed by atoms with Crippen molar-refractivity contribution in [3.05, 3.63) is 325 Å². The van der Waals surface area contributed by atoms with Crippen LogP contribution in [-0.2, 0) is 16.2 Å². The van der Waals surface area contributed by atoms with E-state index < -0.39 is 109 Å². The predicted molar refractivity (Wildman–Crippen MR) is 441 cm³/mol. The van der Waals surface area contributed by atoms with Crippen LogP contribution < -0.4 is 26.2 Å². The third-order valence-electron chi connectivity index (χ3n) is 21.2. The van der Waals surface area contributed by atoms with Crippen LogP contribution in [0.1, 0.15) is 106 Å². The molecule has 2 aliphatic heterocycles. The second-order valence-corrected chi connectivity index (χ2v) is 30.4. The fourth-order valence-corrected chi connectivity index (χ4v) is 16.1. The average molecular weight is 1350 g/mol. The summed E-state index contributed by atoms with van der Waals surface area (Å²) in [5, 5.41) is 14.0. The van der Waals surface area contributed by atoms with Gasteiger partial charge in [0, 0.05) is 71.9 Å². The number of rotatable bonds is 8. The molecule has 2 aliphatic rings. The first-order chi connectivity index (χ1) is 57.1. The van der Waals surface area contributed by atoms with Crippen molar-refractivity contribution in [1.82, 2.24) is 13.7 Å². The third-order valence-corrected chi connectivity index (χ3v) is 21.2. The highest BCUT2D eigenvalue weighted by Crippen LogP contribution is 2.54. The molecule has 3 aromatic heterocycles. The van der Waals surface area contributed by atoms with Crippen molar-refractivity contribution >= 4 is 123 Å². The Morgan fingerprint density at radius 3 is 1.24 bits per heavy atom. The summed E-state index contributed by atoms with van der Waals surface area (Å²) in [7, 11) is 0. The maximum atomic E-state index is 12.6. The van der Waals surface area contributed by atoms with Gasteiger partial charge < -0.3 is 23.5 Å². The molecule has 0 aliphatic carbocycles. The zero-order valence-electron chi connectivity index (χ0n) is 74.9. The Bertz CT molecular complexity index is 7170. The molecule has 0 N–H and O–H groups in total. The van der Waals surface area contributed by atoms with Crippen LogP contribution in [-0.4, -0.2) is 20.4 Å². The largest absolute Gasteiger partial charge is 0.310 e. The summed E-state index contributed by atoms with van der Waals surface area (Å²) in [6.07, 6.45) is 0. The van der Waals surface area contributed by atoms with E-state index in [1.807, 2.05) is 146 Å².